The molecule has 2 rings (SSSR count). The molecule has 0 aromatic heterocycles. The highest BCUT2D eigenvalue weighted by Crippen LogP contribution is 2.26. The summed E-state index contributed by atoms with van der Waals surface area (Å²) in [5, 5.41) is 3.32. The predicted octanol–water partition coefficient (Wildman–Crippen LogP) is 2.57. The van der Waals surface area contributed by atoms with Crippen molar-refractivity contribution in [1.29, 1.82) is 0 Å². The molecule has 0 heterocycles. The van der Waals surface area contributed by atoms with Crippen LogP contribution in [0.4, 0.5) is 0 Å². The van der Waals surface area contributed by atoms with Crippen molar-refractivity contribution in [3.05, 3.63) is 29.3 Å². The van der Waals surface area contributed by atoms with Crippen molar-refractivity contribution in [2.75, 3.05) is 13.1 Å². The van der Waals surface area contributed by atoms with Gasteiger partial charge in [-0.2, -0.15) is 0 Å². The molecule has 0 radical (unpaired) electrons. The van der Waals surface area contributed by atoms with E-state index in [9.17, 15) is 8.42 Å². The fourth-order valence-electron chi connectivity index (χ4n) is 2.41. The Balaban J connectivity index is 2.04. The van der Waals surface area contributed by atoms with Crippen LogP contribution in [0.1, 0.15) is 43.7 Å². The van der Waals surface area contributed by atoms with Crippen molar-refractivity contribution >= 4 is 10.0 Å². The molecular formula is C16H26N2O2S. The number of nitrogens with one attached hydrogen (secondary N) is 2. The van der Waals surface area contributed by atoms with Gasteiger partial charge < -0.3 is 5.32 Å². The highest BCUT2D eigenvalue weighted by molar-refractivity contribution is 7.89. The molecule has 1 aliphatic rings. The van der Waals surface area contributed by atoms with Crippen LogP contribution in [-0.2, 0) is 16.6 Å². The van der Waals surface area contributed by atoms with Gasteiger partial charge >= 0.3 is 0 Å². The van der Waals surface area contributed by atoms with Crippen LogP contribution in [0.2, 0.25) is 0 Å². The average molecular weight is 310 g/mol. The molecule has 2 N–H and O–H groups in total. The van der Waals surface area contributed by atoms with Crippen molar-refractivity contribution in [2.45, 2.75) is 51.0 Å². The fraction of sp³-hybridized carbons (Fsp3) is 0.625. The Morgan fingerprint density at radius 2 is 2.05 bits per heavy atom. The largest absolute Gasteiger partial charge is 0.313 e. The summed E-state index contributed by atoms with van der Waals surface area (Å²) < 4.78 is 27.4. The van der Waals surface area contributed by atoms with Gasteiger partial charge in [0.2, 0.25) is 10.0 Å². The number of aryl methyl sites for hydroxylation is 1. The minimum atomic E-state index is -3.38. The Labute approximate surface area is 128 Å². The Morgan fingerprint density at radius 1 is 1.29 bits per heavy atom. The van der Waals surface area contributed by atoms with Gasteiger partial charge in [0.15, 0.2) is 0 Å². The lowest BCUT2D eigenvalue weighted by atomic mass is 9.86. The van der Waals surface area contributed by atoms with Gasteiger partial charge in [-0.1, -0.05) is 19.4 Å². The van der Waals surface area contributed by atoms with Crippen molar-refractivity contribution in [1.82, 2.24) is 10.0 Å². The van der Waals surface area contributed by atoms with Crippen molar-refractivity contribution in [2.24, 2.45) is 5.92 Å². The molecule has 0 saturated heterocycles. The highest BCUT2D eigenvalue weighted by atomic mass is 32.2. The first kappa shape index (κ1) is 16.5. The lowest BCUT2D eigenvalue weighted by molar-refractivity contribution is 0.316. The Bertz CT molecular complexity index is 566. The average Bonchev–Trinajstić information content (AvgIpc) is 2.39. The van der Waals surface area contributed by atoms with Gasteiger partial charge in [-0.05, 0) is 61.9 Å². The lowest BCUT2D eigenvalue weighted by Gasteiger charge is -2.25. The van der Waals surface area contributed by atoms with E-state index in [1.54, 1.807) is 12.1 Å². The van der Waals surface area contributed by atoms with E-state index in [4.69, 9.17) is 0 Å². The van der Waals surface area contributed by atoms with E-state index in [2.05, 4.69) is 17.0 Å². The maximum Gasteiger partial charge on any atom is 0.240 e. The molecule has 1 aromatic rings. The van der Waals surface area contributed by atoms with Crippen LogP contribution in [0.15, 0.2) is 23.1 Å². The van der Waals surface area contributed by atoms with Gasteiger partial charge in [0.25, 0.3) is 0 Å². The summed E-state index contributed by atoms with van der Waals surface area (Å²) in [6, 6.07) is 5.38. The molecule has 0 unspecified atom stereocenters. The molecule has 4 nitrogen and oxygen atoms in total. The van der Waals surface area contributed by atoms with Crippen LogP contribution >= 0.6 is 0 Å². The lowest BCUT2D eigenvalue weighted by Crippen LogP contribution is -2.32. The van der Waals surface area contributed by atoms with E-state index < -0.39 is 10.0 Å². The maximum atomic E-state index is 12.3. The summed E-state index contributed by atoms with van der Waals surface area (Å²) in [4.78, 5) is 0.376. The van der Waals surface area contributed by atoms with Gasteiger partial charge in [-0.3, -0.25) is 0 Å². The Hall–Kier alpha value is -0.910. The van der Waals surface area contributed by atoms with E-state index >= 15 is 0 Å². The van der Waals surface area contributed by atoms with Gasteiger partial charge in [-0.15, -0.1) is 0 Å². The second-order valence-corrected chi connectivity index (χ2v) is 7.68. The Morgan fingerprint density at radius 3 is 2.67 bits per heavy atom. The molecule has 1 aromatic carbocycles. The molecule has 0 atom stereocenters. The summed E-state index contributed by atoms with van der Waals surface area (Å²) in [6.07, 6.45) is 4.58. The van der Waals surface area contributed by atoms with Crippen LogP contribution in [0.5, 0.6) is 0 Å². The summed E-state index contributed by atoms with van der Waals surface area (Å²) in [5.74, 6) is 0.524. The molecule has 1 saturated carbocycles. The molecule has 118 valence electrons. The topological polar surface area (TPSA) is 58.2 Å². The van der Waals surface area contributed by atoms with E-state index in [-0.39, 0.29) is 0 Å². The fourth-order valence-corrected chi connectivity index (χ4v) is 3.58. The van der Waals surface area contributed by atoms with Gasteiger partial charge in [0.1, 0.15) is 0 Å². The van der Waals surface area contributed by atoms with Gasteiger partial charge in [-0.25, -0.2) is 13.1 Å². The number of hydrogen-bond donors (Lipinski definition) is 2. The Kier molecular flexibility index (Phi) is 5.79. The normalized spacial score (nSPS) is 15.9. The van der Waals surface area contributed by atoms with E-state index in [0.717, 1.165) is 36.9 Å². The second-order valence-electron chi connectivity index (χ2n) is 5.91. The molecular weight excluding hydrogens is 284 g/mol. The molecule has 1 fully saturated rings. The molecule has 1 aliphatic carbocycles. The zero-order valence-corrected chi connectivity index (χ0v) is 13.8. The first-order chi connectivity index (χ1) is 10.0. The predicted molar refractivity (Wildman–Crippen MR) is 85.7 cm³/mol. The highest BCUT2D eigenvalue weighted by Gasteiger charge is 2.21. The number of sulfonamides is 1. The first-order valence-electron chi connectivity index (χ1n) is 7.83. The second kappa shape index (κ2) is 7.38. The molecule has 0 spiro atoms. The summed E-state index contributed by atoms with van der Waals surface area (Å²) >= 11 is 0. The van der Waals surface area contributed by atoms with Crippen LogP contribution in [0.25, 0.3) is 0 Å². The van der Waals surface area contributed by atoms with E-state index in [0.29, 0.717) is 23.9 Å². The maximum absolute atomic E-state index is 12.3. The standard InChI is InChI=1S/C16H26N2O2S/c1-3-9-17-12-15-10-16(8-7-13(15)2)21(19,20)18-11-14-5-4-6-14/h7-8,10,14,17-18H,3-6,9,11-12H2,1-2H3. The van der Waals surface area contributed by atoms with Crippen molar-refractivity contribution in [3.8, 4) is 0 Å². The third-order valence-electron chi connectivity index (χ3n) is 4.16. The van der Waals surface area contributed by atoms with Gasteiger partial charge in [0, 0.05) is 13.1 Å². The summed E-state index contributed by atoms with van der Waals surface area (Å²) in [7, 11) is -3.38. The third-order valence-corrected chi connectivity index (χ3v) is 5.58. The van der Waals surface area contributed by atoms with Crippen molar-refractivity contribution in [3.63, 3.8) is 0 Å². The zero-order valence-electron chi connectivity index (χ0n) is 13.0. The van der Waals surface area contributed by atoms with E-state index in [1.165, 1.54) is 6.42 Å². The summed E-state index contributed by atoms with van der Waals surface area (Å²) in [6.45, 7) is 6.36. The number of rotatable bonds is 8. The number of hydrogen-bond acceptors (Lipinski definition) is 3. The minimum Gasteiger partial charge on any atom is -0.313 e. The van der Waals surface area contributed by atoms with Crippen LogP contribution in [0.3, 0.4) is 0 Å². The smallest absolute Gasteiger partial charge is 0.240 e. The summed E-state index contributed by atoms with van der Waals surface area (Å²) in [5.41, 5.74) is 2.17. The van der Waals surface area contributed by atoms with Crippen molar-refractivity contribution < 1.29 is 8.42 Å². The molecule has 21 heavy (non-hydrogen) atoms. The molecule has 0 aliphatic heterocycles. The molecule has 5 heteroatoms. The zero-order chi connectivity index (χ0) is 15.3. The quantitative estimate of drug-likeness (QED) is 0.726. The molecule has 0 bridgehead atoms. The van der Waals surface area contributed by atoms with Crippen LogP contribution in [0, 0.1) is 12.8 Å². The van der Waals surface area contributed by atoms with Crippen LogP contribution < -0.4 is 10.0 Å². The first-order valence-corrected chi connectivity index (χ1v) is 9.31. The third kappa shape index (κ3) is 4.53. The minimum absolute atomic E-state index is 0.376. The molecule has 0 amide bonds. The van der Waals surface area contributed by atoms with Crippen LogP contribution in [-0.4, -0.2) is 21.5 Å². The number of benzene rings is 1. The van der Waals surface area contributed by atoms with Gasteiger partial charge in [0.05, 0.1) is 4.90 Å². The van der Waals surface area contributed by atoms with E-state index in [1.807, 2.05) is 13.0 Å². The monoisotopic (exact) mass is 310 g/mol. The SMILES string of the molecule is CCCNCc1cc(S(=O)(=O)NCC2CCC2)ccc1C.